The molecule has 1 aliphatic rings. The summed E-state index contributed by atoms with van der Waals surface area (Å²) in [5.41, 5.74) is 0.350. The molecular weight excluding hydrogens is 435 g/mol. The number of urea groups is 1. The summed E-state index contributed by atoms with van der Waals surface area (Å²) in [7, 11) is 3.89. The molecule has 1 saturated carbocycles. The van der Waals surface area contributed by atoms with Gasteiger partial charge in [-0.05, 0) is 43.9 Å². The maximum atomic E-state index is 12.3. The number of hydrogen-bond acceptors (Lipinski definition) is 5. The molecule has 7 nitrogen and oxygen atoms in total. The zero-order chi connectivity index (χ0) is 21.0. The molecule has 3 rings (SSSR count). The van der Waals surface area contributed by atoms with Crippen LogP contribution in [0.1, 0.15) is 25.7 Å². The summed E-state index contributed by atoms with van der Waals surface area (Å²) in [6.07, 6.45) is 5.25. The third-order valence-electron chi connectivity index (χ3n) is 4.74. The van der Waals surface area contributed by atoms with E-state index in [1.807, 2.05) is 25.1 Å². The molecule has 29 heavy (non-hydrogen) atoms. The first-order valence-corrected chi connectivity index (χ1v) is 10.4. The van der Waals surface area contributed by atoms with Crippen molar-refractivity contribution in [2.24, 2.45) is 0 Å². The van der Waals surface area contributed by atoms with E-state index in [2.05, 4.69) is 25.9 Å². The Morgan fingerprint density at radius 3 is 2.31 bits per heavy atom. The highest BCUT2D eigenvalue weighted by atomic mass is 35.5. The topological polar surface area (TPSA) is 82.2 Å². The van der Waals surface area contributed by atoms with Crippen molar-refractivity contribution in [1.82, 2.24) is 15.3 Å². The Hall–Kier alpha value is -1.96. The van der Waals surface area contributed by atoms with E-state index in [-0.39, 0.29) is 18.1 Å². The Morgan fingerprint density at radius 2 is 1.69 bits per heavy atom. The van der Waals surface area contributed by atoms with Crippen molar-refractivity contribution in [3.63, 3.8) is 0 Å². The number of nitrogens with zero attached hydrogens (tertiary/aromatic N) is 3. The minimum atomic E-state index is -0.338. The number of benzene rings is 1. The molecule has 1 aromatic carbocycles. The first kappa shape index (κ1) is 21.7. The Labute approximate surface area is 185 Å². The molecule has 0 bridgehead atoms. The fraction of sp³-hybridized carbons (Fsp3) is 0.421. The highest BCUT2D eigenvalue weighted by Gasteiger charge is 2.23. The summed E-state index contributed by atoms with van der Waals surface area (Å²) < 4.78 is 0. The molecule has 0 radical (unpaired) electrons. The van der Waals surface area contributed by atoms with Gasteiger partial charge in [0.05, 0.1) is 15.7 Å². The second kappa shape index (κ2) is 9.69. The molecule has 0 spiro atoms. The Morgan fingerprint density at radius 1 is 1.07 bits per heavy atom. The van der Waals surface area contributed by atoms with Crippen LogP contribution in [0.5, 0.6) is 0 Å². The van der Waals surface area contributed by atoms with Gasteiger partial charge in [0.2, 0.25) is 5.95 Å². The van der Waals surface area contributed by atoms with Crippen molar-refractivity contribution >= 4 is 58.3 Å². The van der Waals surface area contributed by atoms with E-state index < -0.39 is 0 Å². The average Bonchev–Trinajstić information content (AvgIpc) is 2.66. The van der Waals surface area contributed by atoms with E-state index in [9.17, 15) is 4.79 Å². The predicted octanol–water partition coefficient (Wildman–Crippen LogP) is 5.05. The minimum absolute atomic E-state index is 0.0759. The van der Waals surface area contributed by atoms with Crippen LogP contribution in [-0.2, 0) is 0 Å². The summed E-state index contributed by atoms with van der Waals surface area (Å²) in [6.45, 7) is 0. The lowest BCUT2D eigenvalue weighted by atomic mass is 9.91. The van der Waals surface area contributed by atoms with Crippen LogP contribution < -0.4 is 20.9 Å². The molecule has 3 N–H and O–H groups in total. The summed E-state index contributed by atoms with van der Waals surface area (Å²) in [5.74, 6) is 1.48. The Balaban J connectivity index is 1.48. The van der Waals surface area contributed by atoms with Gasteiger partial charge >= 0.3 is 6.03 Å². The minimum Gasteiger partial charge on any atom is -0.363 e. The molecular formula is C19H23Cl3N6O. The number of nitrogens with one attached hydrogen (secondary N) is 3. The number of hydrogen-bond donors (Lipinski definition) is 3. The number of carbonyl (C=O) groups excluding carboxylic acids is 1. The van der Waals surface area contributed by atoms with Gasteiger partial charge < -0.3 is 20.9 Å². The fourth-order valence-corrected chi connectivity index (χ4v) is 4.14. The predicted molar refractivity (Wildman–Crippen MR) is 120 cm³/mol. The SMILES string of the molecule is CN(C)c1ccnc(N[C@H]2CC[C@@H](NC(=O)Nc3c(Cl)cc(Cl)cc3Cl)CC2)n1. The first-order valence-electron chi connectivity index (χ1n) is 9.31. The molecule has 1 aromatic heterocycles. The molecule has 0 aliphatic heterocycles. The average molecular weight is 458 g/mol. The van der Waals surface area contributed by atoms with Gasteiger partial charge in [0, 0.05) is 37.4 Å². The molecule has 2 amide bonds. The molecule has 2 aromatic rings. The van der Waals surface area contributed by atoms with Crippen LogP contribution in [0, 0.1) is 0 Å². The van der Waals surface area contributed by atoms with Crippen molar-refractivity contribution in [3.05, 3.63) is 39.5 Å². The molecule has 0 atom stereocenters. The number of rotatable bonds is 5. The van der Waals surface area contributed by atoms with Crippen LogP contribution in [0.15, 0.2) is 24.4 Å². The molecule has 0 unspecified atom stereocenters. The maximum Gasteiger partial charge on any atom is 0.319 e. The quantitative estimate of drug-likeness (QED) is 0.585. The third-order valence-corrected chi connectivity index (χ3v) is 5.55. The number of carbonyl (C=O) groups is 1. The third kappa shape index (κ3) is 6.01. The van der Waals surface area contributed by atoms with Crippen LogP contribution >= 0.6 is 34.8 Å². The van der Waals surface area contributed by atoms with Gasteiger partial charge in [-0.3, -0.25) is 0 Å². The molecule has 1 heterocycles. The van der Waals surface area contributed by atoms with Crippen LogP contribution in [0.4, 0.5) is 22.2 Å². The normalized spacial score (nSPS) is 18.8. The van der Waals surface area contributed by atoms with Crippen LogP contribution in [-0.4, -0.2) is 42.2 Å². The Kier molecular flexibility index (Phi) is 7.27. The number of anilines is 3. The lowest BCUT2D eigenvalue weighted by Crippen LogP contribution is -2.42. The second-order valence-electron chi connectivity index (χ2n) is 7.17. The number of amides is 2. The lowest BCUT2D eigenvalue weighted by molar-refractivity contribution is 0.243. The van der Waals surface area contributed by atoms with Crippen LogP contribution in [0.2, 0.25) is 15.1 Å². The lowest BCUT2D eigenvalue weighted by Gasteiger charge is -2.30. The van der Waals surface area contributed by atoms with E-state index in [1.54, 1.807) is 6.20 Å². The number of halogens is 3. The van der Waals surface area contributed by atoms with E-state index >= 15 is 0 Å². The van der Waals surface area contributed by atoms with Gasteiger partial charge in [-0.15, -0.1) is 0 Å². The maximum absolute atomic E-state index is 12.3. The van der Waals surface area contributed by atoms with Gasteiger partial charge in [0.25, 0.3) is 0 Å². The van der Waals surface area contributed by atoms with Crippen molar-refractivity contribution in [3.8, 4) is 0 Å². The Bertz CT molecular complexity index is 848. The highest BCUT2D eigenvalue weighted by Crippen LogP contribution is 2.33. The zero-order valence-electron chi connectivity index (χ0n) is 16.2. The van der Waals surface area contributed by atoms with Crippen molar-refractivity contribution in [1.29, 1.82) is 0 Å². The smallest absolute Gasteiger partial charge is 0.319 e. The summed E-state index contributed by atoms with van der Waals surface area (Å²) in [4.78, 5) is 23.0. The van der Waals surface area contributed by atoms with Gasteiger partial charge in [-0.25, -0.2) is 9.78 Å². The van der Waals surface area contributed by atoms with Gasteiger partial charge in [-0.1, -0.05) is 34.8 Å². The fourth-order valence-electron chi connectivity index (χ4n) is 3.23. The first-order chi connectivity index (χ1) is 13.8. The monoisotopic (exact) mass is 456 g/mol. The van der Waals surface area contributed by atoms with Gasteiger partial charge in [-0.2, -0.15) is 4.98 Å². The largest absolute Gasteiger partial charge is 0.363 e. The van der Waals surface area contributed by atoms with Gasteiger partial charge in [0.1, 0.15) is 5.82 Å². The molecule has 156 valence electrons. The molecule has 10 heteroatoms. The molecule has 1 fully saturated rings. The van der Waals surface area contributed by atoms with Crippen molar-refractivity contribution < 1.29 is 4.79 Å². The standard InChI is InChI=1S/C19H23Cl3N6O/c1-28(2)16-7-8-23-18(26-16)24-12-3-5-13(6-4-12)25-19(29)27-17-14(21)9-11(20)10-15(17)22/h7-10,12-13H,3-6H2,1-2H3,(H,23,24,26)(H2,25,27,29)/t12-,13+. The zero-order valence-corrected chi connectivity index (χ0v) is 18.4. The number of aromatic nitrogens is 2. The van der Waals surface area contributed by atoms with Crippen molar-refractivity contribution in [2.45, 2.75) is 37.8 Å². The van der Waals surface area contributed by atoms with Gasteiger partial charge in [0.15, 0.2) is 0 Å². The van der Waals surface area contributed by atoms with Crippen LogP contribution in [0.25, 0.3) is 0 Å². The van der Waals surface area contributed by atoms with E-state index in [4.69, 9.17) is 34.8 Å². The van der Waals surface area contributed by atoms with E-state index in [0.717, 1.165) is 31.5 Å². The van der Waals surface area contributed by atoms with Crippen LogP contribution in [0.3, 0.4) is 0 Å². The second-order valence-corrected chi connectivity index (χ2v) is 8.42. The molecule has 0 saturated heterocycles. The molecule has 1 aliphatic carbocycles. The van der Waals surface area contributed by atoms with Crippen molar-refractivity contribution in [2.75, 3.05) is 29.6 Å². The summed E-state index contributed by atoms with van der Waals surface area (Å²) in [6, 6.07) is 4.95. The highest BCUT2D eigenvalue weighted by molar-refractivity contribution is 6.42. The summed E-state index contributed by atoms with van der Waals surface area (Å²) >= 11 is 18.1. The van der Waals surface area contributed by atoms with E-state index in [0.29, 0.717) is 26.7 Å². The van der Waals surface area contributed by atoms with E-state index in [1.165, 1.54) is 12.1 Å². The summed E-state index contributed by atoms with van der Waals surface area (Å²) in [5, 5.41) is 10.1.